The molecule has 3 fully saturated rings. The highest BCUT2D eigenvalue weighted by Gasteiger charge is 2.40. The third-order valence-electron chi connectivity index (χ3n) is 6.17. The maximum Gasteiger partial charge on any atom is 0.226 e. The van der Waals surface area contributed by atoms with Gasteiger partial charge in [-0.25, -0.2) is 0 Å². The zero-order chi connectivity index (χ0) is 17.8. The fraction of sp³-hybridized carbons (Fsp3) is 0.895. The van der Waals surface area contributed by atoms with Gasteiger partial charge in [-0.1, -0.05) is 6.92 Å². The maximum atomic E-state index is 13.0. The van der Waals surface area contributed by atoms with Gasteiger partial charge in [0.05, 0.1) is 13.2 Å². The van der Waals surface area contributed by atoms with Crippen molar-refractivity contribution in [3.05, 3.63) is 0 Å². The summed E-state index contributed by atoms with van der Waals surface area (Å²) in [6.07, 6.45) is 4.23. The molecule has 6 heteroatoms. The van der Waals surface area contributed by atoms with Gasteiger partial charge >= 0.3 is 0 Å². The van der Waals surface area contributed by atoms with E-state index in [0.29, 0.717) is 18.4 Å². The smallest absolute Gasteiger partial charge is 0.226 e. The van der Waals surface area contributed by atoms with Crippen molar-refractivity contribution in [2.75, 3.05) is 45.9 Å². The number of morpholine rings is 1. The zero-order valence-corrected chi connectivity index (χ0v) is 15.8. The fourth-order valence-electron chi connectivity index (χ4n) is 4.61. The highest BCUT2D eigenvalue weighted by atomic mass is 16.5. The number of hydrogen-bond donors (Lipinski definition) is 0. The van der Waals surface area contributed by atoms with Gasteiger partial charge in [0, 0.05) is 57.1 Å². The summed E-state index contributed by atoms with van der Waals surface area (Å²) in [5.74, 6) is 0.651. The Morgan fingerprint density at radius 2 is 1.68 bits per heavy atom. The molecule has 6 nitrogen and oxygen atoms in total. The topological polar surface area (TPSA) is 53.1 Å². The SMILES string of the molecule is CCCC(=O)N1CCC(C(=O)N2CC[C@@H](N3CCOCC3)[C@H]2C)CC1. The van der Waals surface area contributed by atoms with E-state index in [-0.39, 0.29) is 17.9 Å². The first kappa shape index (κ1) is 18.6. The summed E-state index contributed by atoms with van der Waals surface area (Å²) in [7, 11) is 0. The second kappa shape index (κ2) is 8.49. The zero-order valence-electron chi connectivity index (χ0n) is 15.8. The van der Waals surface area contributed by atoms with Gasteiger partial charge in [0.2, 0.25) is 11.8 Å². The Morgan fingerprint density at radius 3 is 2.32 bits per heavy atom. The highest BCUT2D eigenvalue weighted by molar-refractivity contribution is 5.80. The molecule has 142 valence electrons. The molecule has 0 spiro atoms. The predicted molar refractivity (Wildman–Crippen MR) is 96.2 cm³/mol. The monoisotopic (exact) mass is 351 g/mol. The number of carbonyl (C=O) groups excluding carboxylic acids is 2. The molecule has 25 heavy (non-hydrogen) atoms. The molecule has 3 aliphatic rings. The van der Waals surface area contributed by atoms with Gasteiger partial charge in [-0.2, -0.15) is 0 Å². The van der Waals surface area contributed by atoms with Gasteiger partial charge in [-0.3, -0.25) is 14.5 Å². The molecular formula is C19H33N3O3. The van der Waals surface area contributed by atoms with Crippen LogP contribution in [0.3, 0.4) is 0 Å². The molecule has 0 unspecified atom stereocenters. The summed E-state index contributed by atoms with van der Waals surface area (Å²) in [6.45, 7) is 10.2. The van der Waals surface area contributed by atoms with Crippen LogP contribution >= 0.6 is 0 Å². The Kier molecular flexibility index (Phi) is 6.34. The molecule has 0 N–H and O–H groups in total. The maximum absolute atomic E-state index is 13.0. The lowest BCUT2D eigenvalue weighted by molar-refractivity contribution is -0.141. The predicted octanol–water partition coefficient (Wildman–Crippen LogP) is 1.35. The van der Waals surface area contributed by atoms with E-state index < -0.39 is 0 Å². The summed E-state index contributed by atoms with van der Waals surface area (Å²) in [6, 6.07) is 0.754. The number of hydrogen-bond acceptors (Lipinski definition) is 4. The molecular weight excluding hydrogens is 318 g/mol. The van der Waals surface area contributed by atoms with Crippen LogP contribution < -0.4 is 0 Å². The van der Waals surface area contributed by atoms with Crippen LogP contribution in [0.25, 0.3) is 0 Å². The third-order valence-corrected chi connectivity index (χ3v) is 6.17. The van der Waals surface area contributed by atoms with Crippen LogP contribution in [0, 0.1) is 5.92 Å². The van der Waals surface area contributed by atoms with Crippen molar-refractivity contribution in [2.24, 2.45) is 5.92 Å². The second-order valence-corrected chi connectivity index (χ2v) is 7.68. The van der Waals surface area contributed by atoms with Gasteiger partial charge < -0.3 is 14.5 Å². The van der Waals surface area contributed by atoms with E-state index in [0.717, 1.165) is 71.6 Å². The number of amides is 2. The van der Waals surface area contributed by atoms with Crippen LogP contribution in [0.5, 0.6) is 0 Å². The summed E-state index contributed by atoms with van der Waals surface area (Å²) >= 11 is 0. The lowest BCUT2D eigenvalue weighted by atomic mass is 9.94. The van der Waals surface area contributed by atoms with E-state index in [9.17, 15) is 9.59 Å². The molecule has 0 aromatic heterocycles. The van der Waals surface area contributed by atoms with Gasteiger partial charge in [0.1, 0.15) is 0 Å². The first-order valence-corrected chi connectivity index (χ1v) is 10.0. The van der Waals surface area contributed by atoms with Crippen molar-refractivity contribution < 1.29 is 14.3 Å². The first-order valence-electron chi connectivity index (χ1n) is 10.0. The minimum Gasteiger partial charge on any atom is -0.379 e. The van der Waals surface area contributed by atoms with Crippen molar-refractivity contribution >= 4 is 11.8 Å². The first-order chi connectivity index (χ1) is 12.1. The van der Waals surface area contributed by atoms with Gasteiger partial charge in [0.15, 0.2) is 0 Å². The molecule has 3 aliphatic heterocycles. The number of likely N-dealkylation sites (tertiary alicyclic amines) is 2. The van der Waals surface area contributed by atoms with Crippen molar-refractivity contribution in [1.29, 1.82) is 0 Å². The minimum atomic E-state index is 0.0940. The number of rotatable bonds is 4. The number of piperidine rings is 1. The molecule has 0 aromatic rings. The van der Waals surface area contributed by atoms with E-state index in [1.165, 1.54) is 0 Å². The van der Waals surface area contributed by atoms with E-state index in [4.69, 9.17) is 4.74 Å². The summed E-state index contributed by atoms with van der Waals surface area (Å²) in [5.41, 5.74) is 0. The molecule has 0 bridgehead atoms. The Bertz CT molecular complexity index is 471. The Morgan fingerprint density at radius 1 is 1.00 bits per heavy atom. The van der Waals surface area contributed by atoms with Crippen LogP contribution in [-0.2, 0) is 14.3 Å². The van der Waals surface area contributed by atoms with Crippen LogP contribution in [0.2, 0.25) is 0 Å². The molecule has 2 amide bonds. The van der Waals surface area contributed by atoms with E-state index in [2.05, 4.69) is 16.7 Å². The molecule has 0 radical (unpaired) electrons. The van der Waals surface area contributed by atoms with E-state index >= 15 is 0 Å². The second-order valence-electron chi connectivity index (χ2n) is 7.68. The summed E-state index contributed by atoms with van der Waals surface area (Å²) < 4.78 is 5.46. The minimum absolute atomic E-state index is 0.0940. The van der Waals surface area contributed by atoms with E-state index in [1.54, 1.807) is 0 Å². The summed E-state index contributed by atoms with van der Waals surface area (Å²) in [4.78, 5) is 31.6. The van der Waals surface area contributed by atoms with Crippen molar-refractivity contribution in [3.8, 4) is 0 Å². The molecule has 2 atom stereocenters. The Hall–Kier alpha value is -1.14. The molecule has 3 rings (SSSR count). The Labute approximate surface area is 151 Å². The van der Waals surface area contributed by atoms with Crippen molar-refractivity contribution in [2.45, 2.75) is 58.0 Å². The van der Waals surface area contributed by atoms with E-state index in [1.807, 2.05) is 11.8 Å². The number of ether oxygens (including phenoxy) is 1. The average molecular weight is 351 g/mol. The third kappa shape index (κ3) is 4.17. The van der Waals surface area contributed by atoms with Gasteiger partial charge in [0.25, 0.3) is 0 Å². The van der Waals surface area contributed by atoms with Crippen molar-refractivity contribution in [3.63, 3.8) is 0 Å². The van der Waals surface area contributed by atoms with Crippen molar-refractivity contribution in [1.82, 2.24) is 14.7 Å². The Balaban J connectivity index is 1.51. The number of nitrogens with zero attached hydrogens (tertiary/aromatic N) is 3. The lowest BCUT2D eigenvalue weighted by Crippen LogP contribution is -2.51. The molecule has 0 saturated carbocycles. The molecule has 0 aliphatic carbocycles. The fourth-order valence-corrected chi connectivity index (χ4v) is 4.61. The number of carbonyl (C=O) groups is 2. The standard InChI is InChI=1S/C19H33N3O3/c1-3-4-18(23)21-8-5-16(6-9-21)19(24)22-10-7-17(15(22)2)20-11-13-25-14-12-20/h15-17H,3-14H2,1-2H3/t15-,17-/m1/s1. The highest BCUT2D eigenvalue weighted by Crippen LogP contribution is 2.28. The van der Waals surface area contributed by atoms with Crippen LogP contribution in [-0.4, -0.2) is 84.5 Å². The van der Waals surface area contributed by atoms with Crippen LogP contribution in [0.15, 0.2) is 0 Å². The van der Waals surface area contributed by atoms with Crippen LogP contribution in [0.1, 0.15) is 46.0 Å². The average Bonchev–Trinajstić information content (AvgIpc) is 3.03. The molecule has 3 saturated heterocycles. The quantitative estimate of drug-likeness (QED) is 0.767. The molecule has 0 aromatic carbocycles. The van der Waals surface area contributed by atoms with Gasteiger partial charge in [-0.15, -0.1) is 0 Å². The largest absolute Gasteiger partial charge is 0.379 e. The molecule has 3 heterocycles. The lowest BCUT2D eigenvalue weighted by Gasteiger charge is -2.37. The van der Waals surface area contributed by atoms with Crippen LogP contribution in [0.4, 0.5) is 0 Å². The van der Waals surface area contributed by atoms with Gasteiger partial charge in [-0.05, 0) is 32.6 Å². The summed E-state index contributed by atoms with van der Waals surface area (Å²) in [5, 5.41) is 0. The normalized spacial score (nSPS) is 29.2.